The van der Waals surface area contributed by atoms with Crippen LogP contribution in [0, 0.1) is 0 Å². The molecular formula is C13H25N3O. The van der Waals surface area contributed by atoms with Gasteiger partial charge in [0.05, 0.1) is 12.7 Å². The maximum absolute atomic E-state index is 5.97. The fourth-order valence-corrected chi connectivity index (χ4v) is 3.80. The third kappa shape index (κ3) is 2.24. The summed E-state index contributed by atoms with van der Waals surface area (Å²) in [5.41, 5.74) is 5.97. The Morgan fingerprint density at radius 2 is 1.94 bits per heavy atom. The average molecular weight is 239 g/mol. The minimum atomic E-state index is 0.152. The third-order valence-electron chi connectivity index (χ3n) is 4.75. The summed E-state index contributed by atoms with van der Waals surface area (Å²) in [6, 6.07) is 1.74. The molecule has 0 bridgehead atoms. The first-order valence-electron chi connectivity index (χ1n) is 7.11. The molecule has 3 heterocycles. The smallest absolute Gasteiger partial charge is 0.0850 e. The van der Waals surface area contributed by atoms with Crippen LogP contribution in [0.1, 0.15) is 26.2 Å². The van der Waals surface area contributed by atoms with Crippen LogP contribution in [0.3, 0.4) is 0 Å². The molecule has 0 saturated carbocycles. The first kappa shape index (κ1) is 11.9. The fourth-order valence-electron chi connectivity index (χ4n) is 3.80. The van der Waals surface area contributed by atoms with Gasteiger partial charge >= 0.3 is 0 Å². The number of morpholine rings is 1. The van der Waals surface area contributed by atoms with Crippen LogP contribution in [0.2, 0.25) is 0 Å². The minimum absolute atomic E-state index is 0.152. The molecule has 0 radical (unpaired) electrons. The van der Waals surface area contributed by atoms with Gasteiger partial charge in [-0.3, -0.25) is 9.80 Å². The molecule has 3 fully saturated rings. The van der Waals surface area contributed by atoms with Gasteiger partial charge in [0.1, 0.15) is 0 Å². The van der Waals surface area contributed by atoms with Crippen molar-refractivity contribution in [3.8, 4) is 0 Å². The van der Waals surface area contributed by atoms with Crippen LogP contribution in [-0.2, 0) is 4.74 Å². The predicted molar refractivity (Wildman–Crippen MR) is 68.0 cm³/mol. The summed E-state index contributed by atoms with van der Waals surface area (Å²) >= 11 is 0. The molecule has 98 valence electrons. The molecule has 0 spiro atoms. The number of fused-ring (bicyclic) bond motifs is 1. The van der Waals surface area contributed by atoms with Gasteiger partial charge < -0.3 is 10.5 Å². The first-order valence-corrected chi connectivity index (χ1v) is 7.11. The molecule has 4 unspecified atom stereocenters. The molecule has 3 saturated heterocycles. The van der Waals surface area contributed by atoms with Crippen LogP contribution < -0.4 is 5.73 Å². The summed E-state index contributed by atoms with van der Waals surface area (Å²) in [6.45, 7) is 7.67. The van der Waals surface area contributed by atoms with Crippen LogP contribution >= 0.6 is 0 Å². The summed E-state index contributed by atoms with van der Waals surface area (Å²) in [7, 11) is 0. The Labute approximate surface area is 104 Å². The highest BCUT2D eigenvalue weighted by atomic mass is 16.5. The van der Waals surface area contributed by atoms with Gasteiger partial charge in [-0.1, -0.05) is 0 Å². The van der Waals surface area contributed by atoms with E-state index in [0.29, 0.717) is 0 Å². The van der Waals surface area contributed by atoms with E-state index in [0.717, 1.165) is 31.8 Å². The second kappa shape index (κ2) is 4.84. The van der Waals surface area contributed by atoms with E-state index < -0.39 is 0 Å². The monoisotopic (exact) mass is 239 g/mol. The molecule has 3 rings (SSSR count). The third-order valence-corrected chi connectivity index (χ3v) is 4.75. The van der Waals surface area contributed by atoms with E-state index in [2.05, 4.69) is 16.7 Å². The van der Waals surface area contributed by atoms with E-state index in [1.807, 2.05) is 0 Å². The molecule has 0 aliphatic carbocycles. The lowest BCUT2D eigenvalue weighted by molar-refractivity contribution is -0.0544. The second-order valence-electron chi connectivity index (χ2n) is 5.86. The van der Waals surface area contributed by atoms with Gasteiger partial charge in [0.15, 0.2) is 0 Å². The molecule has 4 heteroatoms. The van der Waals surface area contributed by atoms with Crippen molar-refractivity contribution in [3.05, 3.63) is 0 Å². The number of nitrogens with zero attached hydrogens (tertiary/aromatic N) is 2. The van der Waals surface area contributed by atoms with Crippen molar-refractivity contribution in [2.75, 3.05) is 32.8 Å². The van der Waals surface area contributed by atoms with E-state index in [1.54, 1.807) is 0 Å². The molecule has 2 N–H and O–H groups in total. The van der Waals surface area contributed by atoms with Crippen LogP contribution in [0.4, 0.5) is 0 Å². The largest absolute Gasteiger partial charge is 0.374 e. The highest BCUT2D eigenvalue weighted by molar-refractivity contribution is 4.98. The first-order chi connectivity index (χ1) is 8.25. The molecule has 0 aromatic carbocycles. The molecule has 0 aromatic heterocycles. The van der Waals surface area contributed by atoms with Crippen molar-refractivity contribution in [2.24, 2.45) is 5.73 Å². The Bertz CT molecular complexity index is 271. The number of hydrogen-bond donors (Lipinski definition) is 1. The van der Waals surface area contributed by atoms with E-state index in [-0.39, 0.29) is 12.1 Å². The Morgan fingerprint density at radius 1 is 1.12 bits per heavy atom. The summed E-state index contributed by atoms with van der Waals surface area (Å²) in [6.07, 6.45) is 4.36. The fraction of sp³-hybridized carbons (Fsp3) is 1.00. The highest BCUT2D eigenvalue weighted by Crippen LogP contribution is 2.32. The Morgan fingerprint density at radius 3 is 2.76 bits per heavy atom. The average Bonchev–Trinajstić information content (AvgIpc) is 2.90. The molecule has 17 heavy (non-hydrogen) atoms. The number of rotatable bonds is 2. The zero-order valence-electron chi connectivity index (χ0n) is 10.8. The van der Waals surface area contributed by atoms with Gasteiger partial charge in [0, 0.05) is 37.8 Å². The van der Waals surface area contributed by atoms with E-state index in [1.165, 1.54) is 32.4 Å². The van der Waals surface area contributed by atoms with E-state index >= 15 is 0 Å². The van der Waals surface area contributed by atoms with Crippen molar-refractivity contribution >= 4 is 0 Å². The Hall–Kier alpha value is -0.160. The van der Waals surface area contributed by atoms with Crippen molar-refractivity contribution in [1.29, 1.82) is 0 Å². The molecule has 4 nitrogen and oxygen atoms in total. The number of ether oxygens (including phenoxy) is 1. The van der Waals surface area contributed by atoms with Crippen LogP contribution in [0.5, 0.6) is 0 Å². The zero-order valence-corrected chi connectivity index (χ0v) is 10.8. The second-order valence-corrected chi connectivity index (χ2v) is 5.86. The predicted octanol–water partition coefficient (Wildman–Crippen LogP) is 0.271. The van der Waals surface area contributed by atoms with E-state index in [4.69, 9.17) is 10.5 Å². The minimum Gasteiger partial charge on any atom is -0.374 e. The lowest BCUT2D eigenvalue weighted by Gasteiger charge is -2.40. The van der Waals surface area contributed by atoms with Crippen molar-refractivity contribution in [3.63, 3.8) is 0 Å². The lowest BCUT2D eigenvalue weighted by atomic mass is 10.0. The molecule has 0 aromatic rings. The number of hydrogen-bond acceptors (Lipinski definition) is 4. The normalized spacial score (nSPS) is 41.6. The van der Waals surface area contributed by atoms with Gasteiger partial charge in [-0.25, -0.2) is 0 Å². The highest BCUT2D eigenvalue weighted by Gasteiger charge is 2.41. The van der Waals surface area contributed by atoms with Gasteiger partial charge in [0.2, 0.25) is 0 Å². The van der Waals surface area contributed by atoms with Crippen LogP contribution in [0.15, 0.2) is 0 Å². The van der Waals surface area contributed by atoms with Gasteiger partial charge in [-0.05, 0) is 32.7 Å². The molecule has 3 aliphatic heterocycles. The van der Waals surface area contributed by atoms with Gasteiger partial charge in [0.25, 0.3) is 0 Å². The van der Waals surface area contributed by atoms with Crippen molar-refractivity contribution in [1.82, 2.24) is 9.80 Å². The Balaban J connectivity index is 1.63. The number of nitrogens with two attached hydrogens (primary N) is 1. The van der Waals surface area contributed by atoms with Crippen LogP contribution in [-0.4, -0.2) is 66.8 Å². The van der Waals surface area contributed by atoms with Crippen molar-refractivity contribution < 1.29 is 4.74 Å². The topological polar surface area (TPSA) is 41.7 Å². The van der Waals surface area contributed by atoms with E-state index in [9.17, 15) is 0 Å². The molecule has 0 amide bonds. The molecule has 3 aliphatic rings. The summed E-state index contributed by atoms with van der Waals surface area (Å²) in [5.74, 6) is 0. The SMILES string of the molecule is CC(N)C1CN(C2CCN3CCCC23)CCO1. The zero-order chi connectivity index (χ0) is 11.8. The summed E-state index contributed by atoms with van der Waals surface area (Å²) < 4.78 is 5.76. The Kier molecular flexibility index (Phi) is 3.39. The maximum atomic E-state index is 5.97. The van der Waals surface area contributed by atoms with Gasteiger partial charge in [-0.2, -0.15) is 0 Å². The van der Waals surface area contributed by atoms with Crippen LogP contribution in [0.25, 0.3) is 0 Å². The summed E-state index contributed by atoms with van der Waals surface area (Å²) in [4.78, 5) is 5.33. The van der Waals surface area contributed by atoms with Crippen molar-refractivity contribution in [2.45, 2.75) is 50.4 Å². The van der Waals surface area contributed by atoms with Gasteiger partial charge in [-0.15, -0.1) is 0 Å². The summed E-state index contributed by atoms with van der Waals surface area (Å²) in [5, 5.41) is 0. The quantitative estimate of drug-likeness (QED) is 0.751. The molecule has 4 atom stereocenters. The maximum Gasteiger partial charge on any atom is 0.0850 e. The molecular weight excluding hydrogens is 214 g/mol. The standard InChI is InChI=1S/C13H25N3O/c1-10(14)13-9-16(7-8-17-13)12-4-6-15-5-2-3-11(12)15/h10-13H,2-9,14H2,1H3. The lowest BCUT2D eigenvalue weighted by Crippen LogP contribution is -2.54.